The lowest BCUT2D eigenvalue weighted by molar-refractivity contribution is 0.595. The summed E-state index contributed by atoms with van der Waals surface area (Å²) in [5.74, 6) is -1.27. The number of hydrogen-bond acceptors (Lipinski definition) is 5. The number of rotatable bonds is 2. The quantitative estimate of drug-likeness (QED) is 0.727. The molecule has 0 aliphatic heterocycles. The van der Waals surface area contributed by atoms with Crippen molar-refractivity contribution in [2.24, 2.45) is 0 Å². The minimum absolute atomic E-state index is 0.145. The van der Waals surface area contributed by atoms with Gasteiger partial charge in [-0.15, -0.1) is 11.3 Å². The zero-order chi connectivity index (χ0) is 14.8. The molecule has 0 aliphatic rings. The Morgan fingerprint density at radius 3 is 2.86 bits per heavy atom. The van der Waals surface area contributed by atoms with Crippen LogP contribution >= 0.6 is 11.3 Å². The molecule has 0 saturated heterocycles. The van der Waals surface area contributed by atoms with Crippen molar-refractivity contribution < 1.29 is 8.78 Å². The Balaban J connectivity index is 2.13. The van der Waals surface area contributed by atoms with Gasteiger partial charge in [0.25, 0.3) is 0 Å². The molecule has 0 atom stereocenters. The number of aromatic nitrogens is 3. The Morgan fingerprint density at radius 2 is 2.10 bits per heavy atom. The molecular weight excluding hydrogens is 294 g/mol. The average molecular weight is 300 g/mol. The highest BCUT2D eigenvalue weighted by atomic mass is 32.1. The molecule has 0 bridgehead atoms. The predicted molar refractivity (Wildman–Crippen MR) is 73.2 cm³/mol. The Bertz CT molecular complexity index is 854. The standard InChI is InChI=1S/C14H6F2N4S/c15-10-4-9(6-18-7-10)14-20-13(16)12(21-14)11-8(5-17)2-1-3-19-11/h1-4,6-7H. The topological polar surface area (TPSA) is 62.5 Å². The molecule has 0 aliphatic carbocycles. The molecule has 0 spiro atoms. The van der Waals surface area contributed by atoms with Gasteiger partial charge in [-0.3, -0.25) is 9.97 Å². The van der Waals surface area contributed by atoms with Crippen molar-refractivity contribution in [3.05, 3.63) is 54.1 Å². The largest absolute Gasteiger partial charge is 0.261 e. The summed E-state index contributed by atoms with van der Waals surface area (Å²) in [6.45, 7) is 0. The van der Waals surface area contributed by atoms with E-state index in [9.17, 15) is 8.78 Å². The summed E-state index contributed by atoms with van der Waals surface area (Å²) in [5.41, 5.74) is 0.856. The van der Waals surface area contributed by atoms with Gasteiger partial charge in [0.1, 0.15) is 27.5 Å². The van der Waals surface area contributed by atoms with Crippen molar-refractivity contribution >= 4 is 11.3 Å². The maximum absolute atomic E-state index is 14.0. The van der Waals surface area contributed by atoms with Gasteiger partial charge in [-0.2, -0.15) is 9.65 Å². The number of nitrogens with zero attached hydrogens (tertiary/aromatic N) is 4. The monoisotopic (exact) mass is 300 g/mol. The molecule has 7 heteroatoms. The molecule has 0 aromatic carbocycles. The summed E-state index contributed by atoms with van der Waals surface area (Å²) in [6, 6.07) is 6.32. The van der Waals surface area contributed by atoms with Gasteiger partial charge < -0.3 is 0 Å². The van der Waals surface area contributed by atoms with Crippen LogP contribution in [0, 0.1) is 23.1 Å². The molecule has 0 unspecified atom stereocenters. The lowest BCUT2D eigenvalue weighted by atomic mass is 10.2. The second-order valence-corrected chi connectivity index (χ2v) is 5.04. The summed E-state index contributed by atoms with van der Waals surface area (Å²) in [6.07, 6.45) is 3.93. The van der Waals surface area contributed by atoms with Crippen LogP contribution in [0.2, 0.25) is 0 Å². The van der Waals surface area contributed by atoms with Crippen LogP contribution in [-0.2, 0) is 0 Å². The van der Waals surface area contributed by atoms with E-state index in [0.717, 1.165) is 17.5 Å². The lowest BCUT2D eigenvalue weighted by Gasteiger charge is -1.98. The zero-order valence-electron chi connectivity index (χ0n) is 10.4. The van der Waals surface area contributed by atoms with Crippen molar-refractivity contribution in [3.8, 4) is 27.2 Å². The zero-order valence-corrected chi connectivity index (χ0v) is 11.2. The third-order valence-electron chi connectivity index (χ3n) is 2.68. The lowest BCUT2D eigenvalue weighted by Crippen LogP contribution is -1.88. The van der Waals surface area contributed by atoms with Crippen LogP contribution in [-0.4, -0.2) is 15.0 Å². The first-order valence-electron chi connectivity index (χ1n) is 5.82. The van der Waals surface area contributed by atoms with E-state index < -0.39 is 11.8 Å². The summed E-state index contributed by atoms with van der Waals surface area (Å²) < 4.78 is 27.2. The molecular formula is C14H6F2N4S. The first-order valence-corrected chi connectivity index (χ1v) is 6.63. The van der Waals surface area contributed by atoms with Crippen LogP contribution in [0.25, 0.3) is 21.1 Å². The fraction of sp³-hybridized carbons (Fsp3) is 0. The van der Waals surface area contributed by atoms with Crippen LogP contribution in [0.1, 0.15) is 5.56 Å². The number of nitriles is 1. The molecule has 102 valence electrons. The fourth-order valence-corrected chi connectivity index (χ4v) is 2.71. The van der Waals surface area contributed by atoms with E-state index in [1.54, 1.807) is 12.1 Å². The first kappa shape index (κ1) is 13.3. The molecule has 21 heavy (non-hydrogen) atoms. The van der Waals surface area contributed by atoms with Gasteiger partial charge in [0.05, 0.1) is 11.8 Å². The van der Waals surface area contributed by atoms with Crippen LogP contribution in [0.4, 0.5) is 8.78 Å². The predicted octanol–water partition coefficient (Wildman–Crippen LogP) is 3.42. The highest BCUT2D eigenvalue weighted by Crippen LogP contribution is 2.34. The second kappa shape index (κ2) is 5.34. The summed E-state index contributed by atoms with van der Waals surface area (Å²) in [7, 11) is 0. The van der Waals surface area contributed by atoms with E-state index in [2.05, 4.69) is 15.0 Å². The van der Waals surface area contributed by atoms with Crippen LogP contribution in [0.5, 0.6) is 0 Å². The summed E-state index contributed by atoms with van der Waals surface area (Å²) in [4.78, 5) is 11.6. The van der Waals surface area contributed by atoms with Crippen molar-refractivity contribution in [2.45, 2.75) is 0 Å². The number of thiazole rings is 1. The van der Waals surface area contributed by atoms with Crippen LogP contribution in [0.15, 0.2) is 36.8 Å². The van der Waals surface area contributed by atoms with Gasteiger partial charge >= 0.3 is 0 Å². The van der Waals surface area contributed by atoms with Gasteiger partial charge in [-0.1, -0.05) is 0 Å². The molecule has 0 fully saturated rings. The number of halogens is 2. The number of hydrogen-bond donors (Lipinski definition) is 0. The van der Waals surface area contributed by atoms with Gasteiger partial charge in [0.15, 0.2) is 0 Å². The van der Waals surface area contributed by atoms with E-state index in [1.807, 2.05) is 6.07 Å². The van der Waals surface area contributed by atoms with Gasteiger partial charge in [-0.05, 0) is 18.2 Å². The van der Waals surface area contributed by atoms with Gasteiger partial charge in [0.2, 0.25) is 5.95 Å². The van der Waals surface area contributed by atoms with Crippen LogP contribution < -0.4 is 0 Å². The Kier molecular flexibility index (Phi) is 3.38. The summed E-state index contributed by atoms with van der Waals surface area (Å²) >= 11 is 0.998. The van der Waals surface area contributed by atoms with E-state index in [-0.39, 0.29) is 21.1 Å². The minimum Gasteiger partial charge on any atom is -0.261 e. The summed E-state index contributed by atoms with van der Waals surface area (Å²) in [5, 5.41) is 9.32. The van der Waals surface area contributed by atoms with Crippen molar-refractivity contribution in [1.29, 1.82) is 5.26 Å². The first-order chi connectivity index (χ1) is 10.2. The van der Waals surface area contributed by atoms with E-state index in [0.29, 0.717) is 5.56 Å². The fourth-order valence-electron chi connectivity index (χ4n) is 1.78. The smallest absolute Gasteiger partial charge is 0.233 e. The average Bonchev–Trinajstić information content (AvgIpc) is 2.89. The second-order valence-electron chi connectivity index (χ2n) is 4.04. The molecule has 3 rings (SSSR count). The molecule has 3 aromatic heterocycles. The molecule has 0 radical (unpaired) electrons. The Hall–Kier alpha value is -2.72. The normalized spacial score (nSPS) is 10.3. The van der Waals surface area contributed by atoms with Crippen LogP contribution in [0.3, 0.4) is 0 Å². The van der Waals surface area contributed by atoms with Crippen molar-refractivity contribution in [2.75, 3.05) is 0 Å². The molecule has 4 nitrogen and oxygen atoms in total. The molecule has 0 N–H and O–H groups in total. The molecule has 0 saturated carbocycles. The highest BCUT2D eigenvalue weighted by Gasteiger charge is 2.18. The maximum Gasteiger partial charge on any atom is 0.233 e. The minimum atomic E-state index is -0.741. The molecule has 0 amide bonds. The van der Waals surface area contributed by atoms with E-state index >= 15 is 0 Å². The van der Waals surface area contributed by atoms with Crippen molar-refractivity contribution in [1.82, 2.24) is 15.0 Å². The van der Waals surface area contributed by atoms with Gasteiger partial charge in [0, 0.05) is 18.0 Å². The SMILES string of the molecule is N#Cc1cccnc1-c1sc(-c2cncc(F)c2)nc1F. The third kappa shape index (κ3) is 2.49. The Morgan fingerprint density at radius 1 is 1.24 bits per heavy atom. The molecule has 3 aromatic rings. The molecule has 3 heterocycles. The maximum atomic E-state index is 14.0. The number of pyridine rings is 2. The third-order valence-corrected chi connectivity index (χ3v) is 3.77. The van der Waals surface area contributed by atoms with Gasteiger partial charge in [-0.25, -0.2) is 9.37 Å². The van der Waals surface area contributed by atoms with E-state index in [4.69, 9.17) is 5.26 Å². The highest BCUT2D eigenvalue weighted by molar-refractivity contribution is 7.18. The van der Waals surface area contributed by atoms with E-state index in [1.165, 1.54) is 18.5 Å². The van der Waals surface area contributed by atoms with Crippen molar-refractivity contribution in [3.63, 3.8) is 0 Å². The Labute approximate surface area is 122 Å².